The number of fused-ring (bicyclic) bond motifs is 1. The quantitative estimate of drug-likeness (QED) is 0.185. The van der Waals surface area contributed by atoms with Gasteiger partial charge < -0.3 is 4.74 Å². The second kappa shape index (κ2) is 13.0. The van der Waals surface area contributed by atoms with Crippen molar-refractivity contribution >= 4 is 15.9 Å². The number of hydrogen-bond donors (Lipinski definition) is 0. The molecule has 42 heavy (non-hydrogen) atoms. The molecular weight excluding hydrogens is 554 g/mol. The molecule has 1 saturated carbocycles. The van der Waals surface area contributed by atoms with E-state index < -0.39 is 10.1 Å². The molecule has 2 aromatic carbocycles. The Morgan fingerprint density at radius 2 is 1.79 bits per heavy atom. The monoisotopic (exact) mass is 589 g/mol. The lowest BCUT2D eigenvalue weighted by atomic mass is 9.92. The lowest BCUT2D eigenvalue weighted by molar-refractivity contribution is 0.00625. The third-order valence-corrected chi connectivity index (χ3v) is 8.34. The molecule has 11 heteroatoms. The predicted octanol–water partition coefficient (Wildman–Crippen LogP) is 4.45. The molecule has 5 rings (SSSR count). The first-order chi connectivity index (χ1) is 20.3. The highest BCUT2D eigenvalue weighted by atomic mass is 32.2. The SMILES string of the molecule is CCCc1c(Cc2ccc(-c3ccccc3C#N)cc2)c(=O)n(C2CCC(OCCOS(C)(=O)=O)CC2)c2ncnn12. The van der Waals surface area contributed by atoms with E-state index >= 15 is 0 Å². The molecule has 1 aliphatic carbocycles. The third kappa shape index (κ3) is 6.62. The van der Waals surface area contributed by atoms with Crippen molar-refractivity contribution in [3.8, 4) is 17.2 Å². The molecule has 2 aromatic heterocycles. The summed E-state index contributed by atoms with van der Waals surface area (Å²) in [5.41, 5.74) is 5.02. The Balaban J connectivity index is 1.39. The van der Waals surface area contributed by atoms with Crippen LogP contribution < -0.4 is 5.56 Å². The number of hydrogen-bond acceptors (Lipinski definition) is 8. The van der Waals surface area contributed by atoms with Gasteiger partial charge in [-0.05, 0) is 54.9 Å². The van der Waals surface area contributed by atoms with Crippen LogP contribution in [0, 0.1) is 11.3 Å². The van der Waals surface area contributed by atoms with Crippen molar-refractivity contribution in [2.75, 3.05) is 19.5 Å². The van der Waals surface area contributed by atoms with Gasteiger partial charge in [0.25, 0.3) is 15.7 Å². The normalized spacial score (nSPS) is 17.4. The summed E-state index contributed by atoms with van der Waals surface area (Å²) in [5.74, 6) is 0.557. The summed E-state index contributed by atoms with van der Waals surface area (Å²) >= 11 is 0. The van der Waals surface area contributed by atoms with Gasteiger partial charge in [-0.15, -0.1) is 0 Å². The third-order valence-electron chi connectivity index (χ3n) is 7.75. The minimum absolute atomic E-state index is 0.00729. The molecule has 0 radical (unpaired) electrons. The molecule has 2 heterocycles. The maximum absolute atomic E-state index is 14.2. The van der Waals surface area contributed by atoms with Gasteiger partial charge in [-0.1, -0.05) is 55.8 Å². The van der Waals surface area contributed by atoms with Crippen molar-refractivity contribution in [2.45, 2.75) is 64.0 Å². The molecule has 0 bridgehead atoms. The second-order valence-electron chi connectivity index (χ2n) is 10.7. The van der Waals surface area contributed by atoms with Crippen LogP contribution in [0.5, 0.6) is 0 Å². The van der Waals surface area contributed by atoms with Gasteiger partial charge in [-0.3, -0.25) is 13.5 Å². The first-order valence-corrected chi connectivity index (χ1v) is 16.1. The van der Waals surface area contributed by atoms with E-state index in [1.165, 1.54) is 6.33 Å². The fraction of sp³-hybridized carbons (Fsp3) is 0.419. The second-order valence-corrected chi connectivity index (χ2v) is 12.3. The standard InChI is InChI=1S/C31H35N5O5S/c1-3-6-29-28(19-22-9-11-23(12-10-22)27-8-5-4-7-24(27)20-32)30(37)35(31-33-21-34-36(29)31)25-13-15-26(16-14-25)40-17-18-41-42(2,38)39/h4-5,7-12,21,25-26H,3,6,13-19H2,1-2H3. The van der Waals surface area contributed by atoms with Crippen LogP contribution in [0.25, 0.3) is 16.9 Å². The minimum atomic E-state index is -3.49. The highest BCUT2D eigenvalue weighted by molar-refractivity contribution is 7.85. The maximum Gasteiger partial charge on any atom is 0.264 e. The van der Waals surface area contributed by atoms with Crippen LogP contribution in [0.3, 0.4) is 0 Å². The van der Waals surface area contributed by atoms with Gasteiger partial charge in [0.05, 0.1) is 42.9 Å². The smallest absolute Gasteiger partial charge is 0.264 e. The summed E-state index contributed by atoms with van der Waals surface area (Å²) in [6, 6.07) is 17.8. The van der Waals surface area contributed by atoms with E-state index in [1.54, 1.807) is 0 Å². The molecule has 0 aliphatic heterocycles. The molecular formula is C31H35N5O5S. The van der Waals surface area contributed by atoms with Crippen LogP contribution in [0.15, 0.2) is 59.7 Å². The number of nitriles is 1. The van der Waals surface area contributed by atoms with Crippen molar-refractivity contribution in [2.24, 2.45) is 0 Å². The molecule has 0 amide bonds. The van der Waals surface area contributed by atoms with Gasteiger partial charge in [-0.25, -0.2) is 4.52 Å². The molecule has 0 spiro atoms. The number of benzene rings is 2. The van der Waals surface area contributed by atoms with Gasteiger partial charge in [0.2, 0.25) is 5.78 Å². The lowest BCUT2D eigenvalue weighted by Crippen LogP contribution is -2.35. The fourth-order valence-corrected chi connectivity index (χ4v) is 6.16. The summed E-state index contributed by atoms with van der Waals surface area (Å²) in [7, 11) is -3.49. The average molecular weight is 590 g/mol. The molecule has 4 aromatic rings. The zero-order valence-corrected chi connectivity index (χ0v) is 24.7. The zero-order chi connectivity index (χ0) is 29.7. The van der Waals surface area contributed by atoms with Crippen LogP contribution in [0.4, 0.5) is 0 Å². The zero-order valence-electron chi connectivity index (χ0n) is 23.9. The molecule has 220 valence electrons. The Bertz CT molecular complexity index is 1750. The summed E-state index contributed by atoms with van der Waals surface area (Å²) in [6.07, 6.45) is 7.50. The van der Waals surface area contributed by atoms with E-state index in [2.05, 4.69) is 23.1 Å². The van der Waals surface area contributed by atoms with E-state index in [0.717, 1.165) is 66.3 Å². The highest BCUT2D eigenvalue weighted by Gasteiger charge is 2.28. The van der Waals surface area contributed by atoms with Crippen LogP contribution in [0.1, 0.15) is 67.5 Å². The topological polar surface area (TPSA) is 129 Å². The van der Waals surface area contributed by atoms with Gasteiger partial charge in [0.1, 0.15) is 6.33 Å². The van der Waals surface area contributed by atoms with Gasteiger partial charge >= 0.3 is 0 Å². The average Bonchev–Trinajstić information content (AvgIpc) is 3.47. The highest BCUT2D eigenvalue weighted by Crippen LogP contribution is 2.31. The first kappa shape index (κ1) is 29.6. The Labute approximate surface area is 245 Å². The van der Waals surface area contributed by atoms with Crippen molar-refractivity contribution < 1.29 is 17.3 Å². The number of nitrogens with zero attached hydrogens (tertiary/aromatic N) is 5. The molecule has 1 fully saturated rings. The number of aromatic nitrogens is 4. The van der Waals surface area contributed by atoms with Crippen molar-refractivity contribution in [3.63, 3.8) is 0 Å². The fourth-order valence-electron chi connectivity index (χ4n) is 5.79. The van der Waals surface area contributed by atoms with E-state index in [1.807, 2.05) is 57.6 Å². The lowest BCUT2D eigenvalue weighted by Gasteiger charge is -2.30. The number of aryl methyl sites for hydroxylation is 1. The first-order valence-electron chi connectivity index (χ1n) is 14.3. The molecule has 0 saturated heterocycles. The van der Waals surface area contributed by atoms with Crippen molar-refractivity contribution in [1.29, 1.82) is 5.26 Å². The number of rotatable bonds is 11. The van der Waals surface area contributed by atoms with Crippen molar-refractivity contribution in [3.05, 3.63) is 87.6 Å². The van der Waals surface area contributed by atoms with Crippen LogP contribution in [-0.4, -0.2) is 53.2 Å². The Hall–Kier alpha value is -3.85. The minimum Gasteiger partial charge on any atom is -0.376 e. The predicted molar refractivity (Wildman–Crippen MR) is 159 cm³/mol. The molecule has 10 nitrogen and oxygen atoms in total. The summed E-state index contributed by atoms with van der Waals surface area (Å²) in [4.78, 5) is 18.7. The Kier molecular flexibility index (Phi) is 9.16. The van der Waals surface area contributed by atoms with Gasteiger partial charge in [-0.2, -0.15) is 23.8 Å². The maximum atomic E-state index is 14.2. The van der Waals surface area contributed by atoms with E-state index in [9.17, 15) is 18.5 Å². The largest absolute Gasteiger partial charge is 0.376 e. The van der Waals surface area contributed by atoms with E-state index in [-0.39, 0.29) is 30.9 Å². The van der Waals surface area contributed by atoms with Crippen LogP contribution in [0.2, 0.25) is 0 Å². The van der Waals surface area contributed by atoms with E-state index in [0.29, 0.717) is 24.2 Å². The molecule has 0 atom stereocenters. The summed E-state index contributed by atoms with van der Waals surface area (Å²) < 4.78 is 36.6. The van der Waals surface area contributed by atoms with Crippen molar-refractivity contribution in [1.82, 2.24) is 19.2 Å². The molecule has 0 N–H and O–H groups in total. The summed E-state index contributed by atoms with van der Waals surface area (Å²) in [6.45, 7) is 2.28. The van der Waals surface area contributed by atoms with Crippen LogP contribution in [-0.2, 0) is 31.9 Å². The van der Waals surface area contributed by atoms with Crippen LogP contribution >= 0.6 is 0 Å². The summed E-state index contributed by atoms with van der Waals surface area (Å²) in [5, 5.41) is 14.0. The Morgan fingerprint density at radius 3 is 2.48 bits per heavy atom. The number of ether oxygens (including phenoxy) is 1. The van der Waals surface area contributed by atoms with Gasteiger partial charge in [0, 0.05) is 18.0 Å². The molecule has 0 unspecified atom stereocenters. The molecule has 1 aliphatic rings. The van der Waals surface area contributed by atoms with Gasteiger partial charge in [0.15, 0.2) is 0 Å². The van der Waals surface area contributed by atoms with E-state index in [4.69, 9.17) is 8.92 Å². The Morgan fingerprint density at radius 1 is 1.05 bits per heavy atom.